The number of amides is 8. The number of carboxylic acid groups (broad SMARTS) is 1. The van der Waals surface area contributed by atoms with Crippen molar-refractivity contribution in [1.29, 1.82) is 0 Å². The lowest BCUT2D eigenvalue weighted by molar-refractivity contribution is -0.149. The highest BCUT2D eigenvalue weighted by Gasteiger charge is 2.39. The molecule has 0 aliphatic carbocycles. The van der Waals surface area contributed by atoms with Gasteiger partial charge in [0.15, 0.2) is 12.3 Å². The maximum atomic E-state index is 14.6. The normalized spacial score (nSPS) is 15.1. The molecule has 1 unspecified atom stereocenters. The average Bonchev–Trinajstić information content (AvgIpc) is 3.78. The zero-order valence-electron chi connectivity index (χ0n) is 43.4. The molecule has 8 amide bonds. The molecule has 22 heteroatoms. The van der Waals surface area contributed by atoms with Crippen molar-refractivity contribution in [1.82, 2.24) is 46.7 Å². The SMILES string of the molecule is CC[C@H](C)[C@H](NC(=O)[C@H](C(C)C)N(C)C(=O)[C@H](C)NC(=O)[C@H](C)NC(=O)C(NC(C)=O)NC(C)=O)C(=O)N(C)[C@H](C[C@@H](OC(C)=O)c1nc(C(=O)N[C@@H](Cc2ccccc2)CC(C)C(=O)O)cs1)C(C)C. The van der Waals surface area contributed by atoms with Crippen molar-refractivity contribution >= 4 is 70.5 Å². The molecule has 0 saturated heterocycles. The number of likely N-dealkylation sites (N-methyl/N-ethyl adjacent to an activating group) is 2. The number of rotatable bonds is 27. The van der Waals surface area contributed by atoms with E-state index in [1.54, 1.807) is 27.8 Å². The molecule has 21 nitrogen and oxygen atoms in total. The second-order valence-corrected chi connectivity index (χ2v) is 19.7. The van der Waals surface area contributed by atoms with Crippen LogP contribution in [0.1, 0.15) is 130 Å². The number of hydrogen-bond donors (Lipinski definition) is 7. The number of hydrogen-bond acceptors (Lipinski definition) is 13. The van der Waals surface area contributed by atoms with E-state index in [-0.39, 0.29) is 24.5 Å². The smallest absolute Gasteiger partial charge is 0.306 e. The molecule has 0 radical (unpaired) electrons. The van der Waals surface area contributed by atoms with E-state index >= 15 is 0 Å². The third-order valence-corrected chi connectivity index (χ3v) is 12.9. The maximum absolute atomic E-state index is 14.6. The van der Waals surface area contributed by atoms with Crippen LogP contribution in [0.5, 0.6) is 0 Å². The van der Waals surface area contributed by atoms with Crippen LogP contribution in [0.15, 0.2) is 35.7 Å². The number of aliphatic carboxylic acids is 1. The molecule has 2 rings (SSSR count). The Bertz CT molecular complexity index is 2170. The van der Waals surface area contributed by atoms with Crippen LogP contribution in [0, 0.1) is 23.7 Å². The first-order chi connectivity index (χ1) is 33.1. The van der Waals surface area contributed by atoms with E-state index in [9.17, 15) is 53.1 Å². The Morgan fingerprint density at radius 1 is 0.690 bits per heavy atom. The molecule has 1 aromatic carbocycles. The Balaban J connectivity index is 2.32. The average molecular weight is 1010 g/mol. The summed E-state index contributed by atoms with van der Waals surface area (Å²) in [7, 11) is 2.99. The second-order valence-electron chi connectivity index (χ2n) is 18.8. The van der Waals surface area contributed by atoms with Crippen LogP contribution >= 0.6 is 11.3 Å². The van der Waals surface area contributed by atoms with E-state index in [1.165, 1.54) is 43.0 Å². The molecule has 0 aliphatic rings. The number of esters is 1. The zero-order chi connectivity index (χ0) is 54.0. The van der Waals surface area contributed by atoms with Crippen LogP contribution < -0.4 is 31.9 Å². The summed E-state index contributed by atoms with van der Waals surface area (Å²) < 4.78 is 5.78. The van der Waals surface area contributed by atoms with Crippen LogP contribution in [0.2, 0.25) is 0 Å². The van der Waals surface area contributed by atoms with E-state index in [4.69, 9.17) is 4.74 Å². The van der Waals surface area contributed by atoms with Crippen molar-refractivity contribution < 1.29 is 57.8 Å². The highest BCUT2D eigenvalue weighted by molar-refractivity contribution is 7.09. The number of carbonyl (C=O) groups excluding carboxylic acids is 9. The van der Waals surface area contributed by atoms with Crippen molar-refractivity contribution in [2.75, 3.05) is 14.1 Å². The van der Waals surface area contributed by atoms with Crippen molar-refractivity contribution in [3.63, 3.8) is 0 Å². The van der Waals surface area contributed by atoms with Crippen molar-refractivity contribution in [3.8, 4) is 0 Å². The van der Waals surface area contributed by atoms with Gasteiger partial charge in [-0.25, -0.2) is 4.98 Å². The molecule has 2 aromatic rings. The Hall–Kier alpha value is -6.45. The summed E-state index contributed by atoms with van der Waals surface area (Å²) in [6.45, 7) is 18.8. The largest absolute Gasteiger partial charge is 0.481 e. The van der Waals surface area contributed by atoms with Crippen molar-refractivity contribution in [2.24, 2.45) is 23.7 Å². The first kappa shape index (κ1) is 60.7. The fourth-order valence-electron chi connectivity index (χ4n) is 7.92. The topological polar surface area (TPSA) is 292 Å². The van der Waals surface area contributed by atoms with Gasteiger partial charge in [-0.2, -0.15) is 0 Å². The van der Waals surface area contributed by atoms with Gasteiger partial charge in [0.25, 0.3) is 11.8 Å². The summed E-state index contributed by atoms with van der Waals surface area (Å²) in [6, 6.07) is 3.64. The summed E-state index contributed by atoms with van der Waals surface area (Å²) in [5.41, 5.74) is 0.955. The number of carbonyl (C=O) groups is 10. The van der Waals surface area contributed by atoms with Crippen molar-refractivity contribution in [3.05, 3.63) is 52.0 Å². The number of carboxylic acids is 1. The first-order valence-electron chi connectivity index (χ1n) is 23.8. The van der Waals surface area contributed by atoms with Gasteiger partial charge in [-0.3, -0.25) is 47.9 Å². The molecule has 0 saturated carbocycles. The Kier molecular flexibility index (Phi) is 24.3. The predicted molar refractivity (Wildman–Crippen MR) is 265 cm³/mol. The Morgan fingerprint density at radius 2 is 1.27 bits per heavy atom. The Morgan fingerprint density at radius 3 is 1.77 bits per heavy atom. The maximum Gasteiger partial charge on any atom is 0.306 e. The number of nitrogens with zero attached hydrogens (tertiary/aromatic N) is 3. The molecular weight excluding hydrogens is 939 g/mol. The molecule has 394 valence electrons. The Labute approximate surface area is 420 Å². The van der Waals surface area contributed by atoms with Crippen LogP contribution in [-0.4, -0.2) is 136 Å². The molecule has 1 heterocycles. The highest BCUT2D eigenvalue weighted by atomic mass is 32.1. The van der Waals surface area contributed by atoms with E-state index in [0.717, 1.165) is 30.7 Å². The lowest BCUT2D eigenvalue weighted by Crippen LogP contribution is -2.61. The highest BCUT2D eigenvalue weighted by Crippen LogP contribution is 2.31. The summed E-state index contributed by atoms with van der Waals surface area (Å²) in [4.78, 5) is 137. The van der Waals surface area contributed by atoms with Gasteiger partial charge in [-0.15, -0.1) is 11.3 Å². The van der Waals surface area contributed by atoms with Gasteiger partial charge in [-0.05, 0) is 50.0 Å². The lowest BCUT2D eigenvalue weighted by atomic mass is 9.92. The molecule has 0 spiro atoms. The first-order valence-corrected chi connectivity index (χ1v) is 24.7. The standard InChI is InChI=1S/C49H75N9O12S/c1-15-27(6)39(56-44(64)40(26(4)5)58(14)47(66)30(9)51-42(62)29(8)50-45(65)41(52-31(10)59)53-32(11)60)48(67)57(13)37(25(2)3)23-38(70-33(12)61)46-55-36(24-71-46)43(63)54-35(21-28(7)49(68)69)22-34-19-17-16-18-20-34/h16-20,24-30,35,37-41H,15,21-23H2,1-14H3,(H,50,65)(H,51,62)(H,52,59)(H,53,60)(H,54,63)(H,56,64)(H,68,69)/t27-,28?,29-,30-,35+,37+,38+,39-,40-/m0/s1. The number of benzene rings is 1. The minimum Gasteiger partial charge on any atom is -0.481 e. The van der Waals surface area contributed by atoms with Gasteiger partial charge in [0.1, 0.15) is 34.9 Å². The fourth-order valence-corrected chi connectivity index (χ4v) is 8.76. The second kappa shape index (κ2) is 28.4. The number of thiazole rings is 1. The third kappa shape index (κ3) is 19.0. The predicted octanol–water partition coefficient (Wildman–Crippen LogP) is 2.69. The van der Waals surface area contributed by atoms with Crippen LogP contribution in [0.3, 0.4) is 0 Å². The van der Waals surface area contributed by atoms with E-state index < -0.39 is 125 Å². The van der Waals surface area contributed by atoms with Crippen molar-refractivity contribution in [2.45, 2.75) is 157 Å². The molecule has 0 aliphatic heterocycles. The van der Waals surface area contributed by atoms with E-state index in [1.807, 2.05) is 58.0 Å². The van der Waals surface area contributed by atoms with Gasteiger partial charge in [0.05, 0.1) is 5.92 Å². The van der Waals surface area contributed by atoms with Gasteiger partial charge in [0.2, 0.25) is 35.4 Å². The molecule has 71 heavy (non-hydrogen) atoms. The quantitative estimate of drug-likeness (QED) is 0.0501. The molecule has 0 fully saturated rings. The summed E-state index contributed by atoms with van der Waals surface area (Å²) >= 11 is 1.10. The minimum absolute atomic E-state index is 0.0457. The van der Waals surface area contributed by atoms with Crippen LogP contribution in [-0.2, 0) is 54.3 Å². The van der Waals surface area contributed by atoms with Crippen LogP contribution in [0.4, 0.5) is 0 Å². The number of ether oxygens (including phenoxy) is 1. The lowest BCUT2D eigenvalue weighted by Gasteiger charge is -2.38. The summed E-state index contributed by atoms with van der Waals surface area (Å²) in [6.07, 6.45) is -1.33. The summed E-state index contributed by atoms with van der Waals surface area (Å²) in [5.74, 6) is -8.55. The minimum atomic E-state index is -1.45. The number of nitrogens with one attached hydrogen (secondary N) is 6. The molecule has 0 bridgehead atoms. The van der Waals surface area contributed by atoms with E-state index in [0.29, 0.717) is 17.8 Å². The molecule has 1 aromatic heterocycles. The molecule has 9 atom stereocenters. The molecule has 7 N–H and O–H groups in total. The van der Waals surface area contributed by atoms with Gasteiger partial charge >= 0.3 is 11.9 Å². The van der Waals surface area contributed by atoms with Gasteiger partial charge in [0, 0.05) is 58.8 Å². The van der Waals surface area contributed by atoms with E-state index in [2.05, 4.69) is 36.9 Å². The fraction of sp³-hybridized carbons (Fsp3) is 0.612. The molecular formula is C49H75N9O12S. The number of aromatic nitrogens is 1. The van der Waals surface area contributed by atoms with Gasteiger partial charge in [-0.1, -0.05) is 85.2 Å². The summed E-state index contributed by atoms with van der Waals surface area (Å²) in [5, 5.41) is 26.7. The van der Waals surface area contributed by atoms with Gasteiger partial charge < -0.3 is 51.5 Å². The third-order valence-electron chi connectivity index (χ3n) is 12.0. The monoisotopic (exact) mass is 1010 g/mol. The van der Waals surface area contributed by atoms with Crippen LogP contribution in [0.25, 0.3) is 0 Å². The zero-order valence-corrected chi connectivity index (χ0v) is 44.2.